The van der Waals surface area contributed by atoms with Crippen LogP contribution in [0.25, 0.3) is 11.0 Å². The summed E-state index contributed by atoms with van der Waals surface area (Å²) in [6.07, 6.45) is 7.09. The lowest BCUT2D eigenvalue weighted by atomic mass is 9.94. The van der Waals surface area contributed by atoms with Crippen molar-refractivity contribution in [2.75, 3.05) is 19.6 Å². The Balaban J connectivity index is 1.42. The van der Waals surface area contributed by atoms with Gasteiger partial charge in [0.25, 0.3) is 0 Å². The van der Waals surface area contributed by atoms with E-state index in [2.05, 4.69) is 10.2 Å². The first-order valence-corrected chi connectivity index (χ1v) is 8.24. The van der Waals surface area contributed by atoms with Gasteiger partial charge in [-0.05, 0) is 56.5 Å². The Hall–Kier alpha value is -1.81. The van der Waals surface area contributed by atoms with Crippen molar-refractivity contribution < 1.29 is 9.21 Å². The fraction of sp³-hybridized carbons (Fsp3) is 0.500. The molecule has 116 valence electrons. The third kappa shape index (κ3) is 2.31. The van der Waals surface area contributed by atoms with E-state index in [0.29, 0.717) is 6.42 Å². The molecule has 0 radical (unpaired) electrons. The number of rotatable bonds is 4. The number of amides is 1. The summed E-state index contributed by atoms with van der Waals surface area (Å²) in [6.45, 7) is 3.20. The molecule has 0 atom stereocenters. The second-order valence-electron chi connectivity index (χ2n) is 6.62. The van der Waals surface area contributed by atoms with E-state index in [9.17, 15) is 4.79 Å². The Labute approximate surface area is 130 Å². The largest absolute Gasteiger partial charge is 0.464 e. The molecule has 2 aliphatic heterocycles. The van der Waals surface area contributed by atoms with Crippen molar-refractivity contribution in [1.29, 1.82) is 0 Å². The van der Waals surface area contributed by atoms with E-state index in [1.54, 1.807) is 6.26 Å². The molecule has 0 saturated carbocycles. The van der Waals surface area contributed by atoms with Gasteiger partial charge >= 0.3 is 0 Å². The summed E-state index contributed by atoms with van der Waals surface area (Å²) in [5, 5.41) is 4.22. The summed E-state index contributed by atoms with van der Waals surface area (Å²) in [6, 6.07) is 7.83. The zero-order valence-corrected chi connectivity index (χ0v) is 12.8. The van der Waals surface area contributed by atoms with Gasteiger partial charge in [0.2, 0.25) is 5.91 Å². The van der Waals surface area contributed by atoms with Gasteiger partial charge in [-0.25, -0.2) is 0 Å². The van der Waals surface area contributed by atoms with Crippen LogP contribution in [0, 0.1) is 0 Å². The zero-order chi connectivity index (χ0) is 15.0. The number of furan rings is 1. The maximum Gasteiger partial charge on any atom is 0.224 e. The minimum Gasteiger partial charge on any atom is -0.464 e. The maximum atomic E-state index is 12.4. The first kappa shape index (κ1) is 13.8. The third-order valence-electron chi connectivity index (χ3n) is 5.36. The molecule has 22 heavy (non-hydrogen) atoms. The van der Waals surface area contributed by atoms with E-state index in [1.165, 1.54) is 38.8 Å². The molecule has 0 bridgehead atoms. The van der Waals surface area contributed by atoms with Gasteiger partial charge in [-0.2, -0.15) is 0 Å². The summed E-state index contributed by atoms with van der Waals surface area (Å²) in [4.78, 5) is 14.9. The van der Waals surface area contributed by atoms with Crippen LogP contribution in [-0.4, -0.2) is 36.0 Å². The normalized spacial score (nSPS) is 20.4. The molecule has 3 heterocycles. The van der Waals surface area contributed by atoms with Crippen LogP contribution in [0.4, 0.5) is 0 Å². The SMILES string of the molecule is O=C(Cc1cccc2occc12)NCC12CCCN1CCC2. The van der Waals surface area contributed by atoms with E-state index >= 15 is 0 Å². The summed E-state index contributed by atoms with van der Waals surface area (Å²) >= 11 is 0. The molecule has 1 amide bonds. The Kier molecular flexibility index (Phi) is 3.41. The summed E-state index contributed by atoms with van der Waals surface area (Å²) < 4.78 is 5.40. The van der Waals surface area contributed by atoms with Crippen LogP contribution in [0.5, 0.6) is 0 Å². The van der Waals surface area contributed by atoms with Gasteiger partial charge < -0.3 is 9.73 Å². The predicted molar refractivity (Wildman–Crippen MR) is 85.7 cm³/mol. The molecular formula is C18H22N2O2. The summed E-state index contributed by atoms with van der Waals surface area (Å²) in [7, 11) is 0. The lowest BCUT2D eigenvalue weighted by molar-refractivity contribution is -0.120. The molecule has 0 unspecified atom stereocenters. The lowest BCUT2D eigenvalue weighted by Gasteiger charge is -2.32. The minimum absolute atomic E-state index is 0.113. The molecule has 0 aliphatic carbocycles. The second-order valence-corrected chi connectivity index (χ2v) is 6.62. The topological polar surface area (TPSA) is 45.5 Å². The number of benzene rings is 1. The Morgan fingerprint density at radius 1 is 1.23 bits per heavy atom. The number of carbonyl (C=O) groups excluding carboxylic acids is 1. The van der Waals surface area contributed by atoms with Crippen molar-refractivity contribution >= 4 is 16.9 Å². The van der Waals surface area contributed by atoms with Gasteiger partial charge in [-0.15, -0.1) is 0 Å². The zero-order valence-electron chi connectivity index (χ0n) is 12.8. The van der Waals surface area contributed by atoms with E-state index in [4.69, 9.17) is 4.42 Å². The van der Waals surface area contributed by atoms with Crippen LogP contribution >= 0.6 is 0 Å². The quantitative estimate of drug-likeness (QED) is 0.944. The first-order chi connectivity index (χ1) is 10.8. The van der Waals surface area contributed by atoms with Gasteiger partial charge in [0.1, 0.15) is 5.58 Å². The van der Waals surface area contributed by atoms with Crippen molar-refractivity contribution in [3.05, 3.63) is 36.1 Å². The molecule has 2 saturated heterocycles. The molecular weight excluding hydrogens is 276 g/mol. The van der Waals surface area contributed by atoms with Crippen LogP contribution < -0.4 is 5.32 Å². The van der Waals surface area contributed by atoms with Crippen molar-refractivity contribution in [3.8, 4) is 0 Å². The number of fused-ring (bicyclic) bond motifs is 2. The average Bonchev–Trinajstić information content (AvgIpc) is 3.20. The summed E-state index contributed by atoms with van der Waals surface area (Å²) in [5.41, 5.74) is 2.13. The van der Waals surface area contributed by atoms with Crippen LogP contribution in [0.2, 0.25) is 0 Å². The van der Waals surface area contributed by atoms with Crippen molar-refractivity contribution in [2.45, 2.75) is 37.6 Å². The number of nitrogens with one attached hydrogen (secondary N) is 1. The summed E-state index contributed by atoms with van der Waals surface area (Å²) in [5.74, 6) is 0.113. The van der Waals surface area contributed by atoms with Crippen LogP contribution in [0.15, 0.2) is 34.9 Å². The van der Waals surface area contributed by atoms with Crippen molar-refractivity contribution in [2.24, 2.45) is 0 Å². The highest BCUT2D eigenvalue weighted by atomic mass is 16.3. The van der Waals surface area contributed by atoms with Crippen molar-refractivity contribution in [3.63, 3.8) is 0 Å². The van der Waals surface area contributed by atoms with Gasteiger partial charge in [-0.1, -0.05) is 12.1 Å². The Bertz CT molecular complexity index is 681. The number of carbonyl (C=O) groups is 1. The predicted octanol–water partition coefficient (Wildman–Crippen LogP) is 2.72. The minimum atomic E-state index is 0.113. The van der Waals surface area contributed by atoms with Gasteiger partial charge in [0.05, 0.1) is 12.7 Å². The number of hydrogen-bond acceptors (Lipinski definition) is 3. The monoisotopic (exact) mass is 298 g/mol. The third-order valence-corrected chi connectivity index (χ3v) is 5.36. The molecule has 4 nitrogen and oxygen atoms in total. The van der Waals surface area contributed by atoms with Crippen LogP contribution in [0.3, 0.4) is 0 Å². The Morgan fingerprint density at radius 3 is 2.86 bits per heavy atom. The number of nitrogens with zero attached hydrogens (tertiary/aromatic N) is 1. The molecule has 2 aliphatic rings. The highest BCUT2D eigenvalue weighted by molar-refractivity contribution is 5.87. The first-order valence-electron chi connectivity index (χ1n) is 8.24. The van der Waals surface area contributed by atoms with Gasteiger partial charge in [-0.3, -0.25) is 9.69 Å². The van der Waals surface area contributed by atoms with Crippen molar-refractivity contribution in [1.82, 2.24) is 10.2 Å². The van der Waals surface area contributed by atoms with Crippen LogP contribution in [0.1, 0.15) is 31.2 Å². The molecule has 1 aromatic carbocycles. The molecule has 1 aromatic heterocycles. The van der Waals surface area contributed by atoms with E-state index < -0.39 is 0 Å². The van der Waals surface area contributed by atoms with E-state index in [0.717, 1.165) is 23.1 Å². The van der Waals surface area contributed by atoms with E-state index in [1.807, 2.05) is 24.3 Å². The molecule has 1 N–H and O–H groups in total. The second kappa shape index (κ2) is 5.43. The molecule has 0 spiro atoms. The number of hydrogen-bond donors (Lipinski definition) is 1. The van der Waals surface area contributed by atoms with Gasteiger partial charge in [0, 0.05) is 17.5 Å². The molecule has 2 aromatic rings. The highest BCUT2D eigenvalue weighted by Crippen LogP contribution is 2.38. The molecule has 4 heteroatoms. The molecule has 4 rings (SSSR count). The van der Waals surface area contributed by atoms with Gasteiger partial charge in [0.15, 0.2) is 0 Å². The fourth-order valence-corrected chi connectivity index (χ4v) is 4.22. The average molecular weight is 298 g/mol. The fourth-order valence-electron chi connectivity index (χ4n) is 4.22. The maximum absolute atomic E-state index is 12.4. The smallest absolute Gasteiger partial charge is 0.224 e. The van der Waals surface area contributed by atoms with Crippen LogP contribution in [-0.2, 0) is 11.2 Å². The standard InChI is InChI=1S/C18H22N2O2/c21-17(12-14-4-1-5-16-15(14)6-11-22-16)19-13-18-7-2-9-20(18)10-3-8-18/h1,4-6,11H,2-3,7-10,12-13H2,(H,19,21). The van der Waals surface area contributed by atoms with E-state index in [-0.39, 0.29) is 11.4 Å². The highest BCUT2D eigenvalue weighted by Gasteiger charge is 2.44. The Morgan fingerprint density at radius 2 is 2.05 bits per heavy atom. The molecule has 2 fully saturated rings. The lowest BCUT2D eigenvalue weighted by Crippen LogP contribution is -2.48.